The number of amides is 1. The van der Waals surface area contributed by atoms with Gasteiger partial charge < -0.3 is 15.4 Å². The van der Waals surface area contributed by atoms with Crippen LogP contribution in [0.4, 0.5) is 15.9 Å². The second-order valence-electron chi connectivity index (χ2n) is 7.20. The largest absolute Gasteiger partial charge is 0.487 e. The van der Waals surface area contributed by atoms with E-state index in [1.165, 1.54) is 35.2 Å². The van der Waals surface area contributed by atoms with Gasteiger partial charge in [-0.15, -0.1) is 5.10 Å². The number of aromatic nitrogens is 5. The highest BCUT2D eigenvalue weighted by Crippen LogP contribution is 2.19. The molecule has 0 aliphatic carbocycles. The van der Waals surface area contributed by atoms with Crippen LogP contribution in [0.2, 0.25) is 0 Å². The van der Waals surface area contributed by atoms with Crippen molar-refractivity contribution in [2.24, 2.45) is 5.10 Å². The van der Waals surface area contributed by atoms with E-state index in [1.54, 1.807) is 0 Å². The molecule has 0 atom stereocenters. The van der Waals surface area contributed by atoms with Gasteiger partial charge >= 0.3 is 0 Å². The lowest BCUT2D eigenvalue weighted by atomic mass is 10.2. The first kappa shape index (κ1) is 22.4. The summed E-state index contributed by atoms with van der Waals surface area (Å²) in [5, 5.41) is 19.0. The van der Waals surface area contributed by atoms with Gasteiger partial charge in [0.25, 0.3) is 5.91 Å². The van der Waals surface area contributed by atoms with Gasteiger partial charge in [0, 0.05) is 19.8 Å². The highest BCUT2D eigenvalue weighted by Gasteiger charge is 2.24. The molecule has 4 rings (SSSR count). The molecular weight excluding hydrogens is 445 g/mol. The molecule has 0 bridgehead atoms. The number of anilines is 2. The first-order valence-electron chi connectivity index (χ1n) is 9.94. The minimum atomic E-state index is -0.639. The lowest BCUT2D eigenvalue weighted by Crippen LogP contribution is -2.21. The summed E-state index contributed by atoms with van der Waals surface area (Å²) in [5.74, 6) is -0.700. The standard InChI is InChI=1S/C21H20FN9O3/c1-30(2)15-7-3-13(4-8-15)11-24-26-21(32)18-17(12-33-16-9-5-14(22)6-10-16)31(29-25-18)20-19(23)27-34-28-20/h3-11H,12H2,1-2H3,(H2,23,27)(H,26,32). The lowest BCUT2D eigenvalue weighted by Gasteiger charge is -2.11. The minimum Gasteiger partial charge on any atom is -0.487 e. The van der Waals surface area contributed by atoms with Crippen molar-refractivity contribution in [1.82, 2.24) is 30.7 Å². The highest BCUT2D eigenvalue weighted by atomic mass is 19.1. The van der Waals surface area contributed by atoms with Crippen molar-refractivity contribution < 1.29 is 18.6 Å². The van der Waals surface area contributed by atoms with Crippen molar-refractivity contribution in [3.63, 3.8) is 0 Å². The Hall–Kier alpha value is -4.81. The summed E-state index contributed by atoms with van der Waals surface area (Å²) in [5.41, 5.74) is 10.1. The minimum absolute atomic E-state index is 0.0359. The molecule has 1 amide bonds. The SMILES string of the molecule is CN(C)c1ccc(C=NNC(=O)c2nnn(-c3nonc3N)c2COc2ccc(F)cc2)cc1. The Bertz CT molecular complexity index is 1300. The van der Waals surface area contributed by atoms with Crippen LogP contribution in [0.5, 0.6) is 5.75 Å². The zero-order chi connectivity index (χ0) is 24.1. The molecule has 2 aromatic heterocycles. The number of nitrogens with two attached hydrogens (primary N) is 1. The fourth-order valence-electron chi connectivity index (χ4n) is 2.87. The second-order valence-corrected chi connectivity index (χ2v) is 7.20. The van der Waals surface area contributed by atoms with Crippen molar-refractivity contribution >= 4 is 23.6 Å². The molecule has 0 aliphatic rings. The number of benzene rings is 2. The molecule has 0 aliphatic heterocycles. The molecule has 0 unspecified atom stereocenters. The van der Waals surface area contributed by atoms with E-state index in [-0.39, 0.29) is 29.6 Å². The maximum Gasteiger partial charge on any atom is 0.293 e. The quantitative estimate of drug-likeness (QED) is 0.293. The van der Waals surface area contributed by atoms with E-state index in [2.05, 4.69) is 35.8 Å². The Balaban J connectivity index is 1.53. The number of halogens is 1. The van der Waals surface area contributed by atoms with Crippen molar-refractivity contribution in [2.75, 3.05) is 24.7 Å². The van der Waals surface area contributed by atoms with Crippen molar-refractivity contribution in [1.29, 1.82) is 0 Å². The number of hydrogen-bond donors (Lipinski definition) is 2. The van der Waals surface area contributed by atoms with E-state index in [0.29, 0.717) is 5.75 Å². The molecule has 2 aromatic carbocycles. The average molecular weight is 465 g/mol. The average Bonchev–Trinajstić information content (AvgIpc) is 3.44. The zero-order valence-corrected chi connectivity index (χ0v) is 18.2. The van der Waals surface area contributed by atoms with Gasteiger partial charge in [-0.2, -0.15) is 9.78 Å². The number of hydrogen-bond acceptors (Lipinski definition) is 10. The fourth-order valence-corrected chi connectivity index (χ4v) is 2.87. The van der Waals surface area contributed by atoms with Crippen LogP contribution in [0.1, 0.15) is 21.7 Å². The van der Waals surface area contributed by atoms with Gasteiger partial charge in [0.15, 0.2) is 5.69 Å². The van der Waals surface area contributed by atoms with Crippen molar-refractivity contribution in [3.05, 3.63) is 71.3 Å². The summed E-state index contributed by atoms with van der Waals surface area (Å²) in [6, 6.07) is 13.0. The van der Waals surface area contributed by atoms with E-state index in [4.69, 9.17) is 10.5 Å². The molecule has 13 heteroatoms. The Kier molecular flexibility index (Phi) is 6.43. The first-order chi connectivity index (χ1) is 16.4. The number of nitrogens with zero attached hydrogens (tertiary/aromatic N) is 7. The molecule has 4 aromatic rings. The number of carbonyl (C=O) groups excluding carboxylic acids is 1. The van der Waals surface area contributed by atoms with Crippen LogP contribution in [0.15, 0.2) is 58.3 Å². The van der Waals surface area contributed by atoms with Crippen LogP contribution >= 0.6 is 0 Å². The van der Waals surface area contributed by atoms with Crippen LogP contribution in [-0.4, -0.2) is 51.5 Å². The Labute approximate surface area is 192 Å². The van der Waals surface area contributed by atoms with Crippen LogP contribution in [0, 0.1) is 5.82 Å². The van der Waals surface area contributed by atoms with Crippen LogP contribution in [-0.2, 0) is 6.61 Å². The monoisotopic (exact) mass is 465 g/mol. The van der Waals surface area contributed by atoms with Crippen LogP contribution in [0.25, 0.3) is 5.82 Å². The molecule has 2 heterocycles. The molecular formula is C21H20FN9O3. The Morgan fingerprint density at radius 1 is 1.21 bits per heavy atom. The molecule has 34 heavy (non-hydrogen) atoms. The van der Waals surface area contributed by atoms with Crippen LogP contribution in [0.3, 0.4) is 0 Å². The van der Waals surface area contributed by atoms with Gasteiger partial charge in [-0.05, 0) is 52.3 Å². The molecule has 3 N–H and O–H groups in total. The van der Waals surface area contributed by atoms with Crippen LogP contribution < -0.4 is 20.8 Å². The molecule has 0 spiro atoms. The van der Waals surface area contributed by atoms with E-state index < -0.39 is 11.7 Å². The van der Waals surface area contributed by atoms with Gasteiger partial charge in [-0.25, -0.2) is 14.4 Å². The molecule has 12 nitrogen and oxygen atoms in total. The Morgan fingerprint density at radius 3 is 2.59 bits per heavy atom. The number of carbonyl (C=O) groups is 1. The predicted octanol–water partition coefficient (Wildman–Crippen LogP) is 1.78. The summed E-state index contributed by atoms with van der Waals surface area (Å²) < 4.78 is 24.6. The number of nitrogens with one attached hydrogen (secondary N) is 1. The predicted molar refractivity (Wildman–Crippen MR) is 120 cm³/mol. The lowest BCUT2D eigenvalue weighted by molar-refractivity contribution is 0.0947. The third kappa shape index (κ3) is 4.98. The van der Waals surface area contributed by atoms with Crippen molar-refractivity contribution in [2.45, 2.75) is 6.61 Å². The van der Waals surface area contributed by atoms with Gasteiger partial charge in [0.05, 0.1) is 6.21 Å². The van der Waals surface area contributed by atoms with Gasteiger partial charge in [0.2, 0.25) is 11.6 Å². The second kappa shape index (κ2) is 9.77. The molecule has 0 saturated heterocycles. The molecule has 0 radical (unpaired) electrons. The third-order valence-corrected chi connectivity index (χ3v) is 4.65. The van der Waals surface area contributed by atoms with Crippen molar-refractivity contribution in [3.8, 4) is 11.6 Å². The van der Waals surface area contributed by atoms with E-state index >= 15 is 0 Å². The normalized spacial score (nSPS) is 11.0. The number of hydrazone groups is 1. The third-order valence-electron chi connectivity index (χ3n) is 4.65. The number of rotatable bonds is 8. The summed E-state index contributed by atoms with van der Waals surface area (Å²) in [4.78, 5) is 14.8. The van der Waals surface area contributed by atoms with Gasteiger partial charge in [-0.1, -0.05) is 17.3 Å². The zero-order valence-electron chi connectivity index (χ0n) is 18.2. The molecule has 0 fully saturated rings. The molecule has 0 saturated carbocycles. The summed E-state index contributed by atoms with van der Waals surface area (Å²) in [6.45, 7) is -0.163. The van der Waals surface area contributed by atoms with Gasteiger partial charge in [0.1, 0.15) is 23.9 Å². The molecule has 174 valence electrons. The highest BCUT2D eigenvalue weighted by molar-refractivity contribution is 5.94. The number of ether oxygens (including phenoxy) is 1. The van der Waals surface area contributed by atoms with E-state index in [1.807, 2.05) is 43.3 Å². The summed E-state index contributed by atoms with van der Waals surface area (Å²) in [7, 11) is 3.88. The maximum absolute atomic E-state index is 13.2. The van der Waals surface area contributed by atoms with E-state index in [0.717, 1.165) is 11.3 Å². The fraction of sp³-hybridized carbons (Fsp3) is 0.143. The van der Waals surface area contributed by atoms with Gasteiger partial charge in [-0.3, -0.25) is 4.79 Å². The van der Waals surface area contributed by atoms with E-state index in [9.17, 15) is 9.18 Å². The smallest absolute Gasteiger partial charge is 0.293 e. The summed E-state index contributed by atoms with van der Waals surface area (Å²) >= 11 is 0. The number of nitrogen functional groups attached to an aromatic ring is 1. The maximum atomic E-state index is 13.2. The first-order valence-corrected chi connectivity index (χ1v) is 9.94. The Morgan fingerprint density at radius 2 is 1.94 bits per heavy atom. The summed E-state index contributed by atoms with van der Waals surface area (Å²) in [6.07, 6.45) is 1.50. The topological polar surface area (TPSA) is 150 Å².